The van der Waals surface area contributed by atoms with Gasteiger partial charge >= 0.3 is 0 Å². The standard InChI is InChI=1S/C13H11ClN4O/c14-11-3-4-12(13-10(11)2-1-6-15-13)18-8-9(5-7-19)16-17-18/h1-4,6,8,19H,5,7H2. The molecule has 0 aliphatic carbocycles. The normalized spacial score (nSPS) is 11.1. The lowest BCUT2D eigenvalue weighted by molar-refractivity contribution is 0.298. The summed E-state index contributed by atoms with van der Waals surface area (Å²) in [4.78, 5) is 4.35. The molecule has 5 nitrogen and oxygen atoms in total. The van der Waals surface area contributed by atoms with Gasteiger partial charge in [-0.2, -0.15) is 0 Å². The van der Waals surface area contributed by atoms with Gasteiger partial charge in [0.1, 0.15) is 0 Å². The zero-order valence-corrected chi connectivity index (χ0v) is 10.7. The Morgan fingerprint density at radius 2 is 2.16 bits per heavy atom. The molecule has 0 fully saturated rings. The molecule has 2 aromatic heterocycles. The molecule has 3 aromatic rings. The van der Waals surface area contributed by atoms with Crippen LogP contribution in [0.25, 0.3) is 16.6 Å². The number of benzene rings is 1. The van der Waals surface area contributed by atoms with Crippen LogP contribution < -0.4 is 0 Å². The van der Waals surface area contributed by atoms with Crippen LogP contribution in [0.5, 0.6) is 0 Å². The van der Waals surface area contributed by atoms with Gasteiger partial charge in [-0.05, 0) is 24.3 Å². The number of hydrogen-bond acceptors (Lipinski definition) is 4. The van der Waals surface area contributed by atoms with Crippen molar-refractivity contribution in [3.8, 4) is 5.69 Å². The van der Waals surface area contributed by atoms with Gasteiger partial charge in [-0.1, -0.05) is 16.8 Å². The van der Waals surface area contributed by atoms with Gasteiger partial charge in [0.25, 0.3) is 0 Å². The second kappa shape index (κ2) is 4.95. The van der Waals surface area contributed by atoms with Crippen molar-refractivity contribution >= 4 is 22.5 Å². The van der Waals surface area contributed by atoms with Crippen molar-refractivity contribution in [1.82, 2.24) is 20.0 Å². The highest BCUT2D eigenvalue weighted by molar-refractivity contribution is 6.35. The smallest absolute Gasteiger partial charge is 0.0974 e. The lowest BCUT2D eigenvalue weighted by Crippen LogP contribution is -1.97. The second-order valence-corrected chi connectivity index (χ2v) is 4.50. The van der Waals surface area contributed by atoms with E-state index < -0.39 is 0 Å². The maximum atomic E-state index is 8.90. The number of aliphatic hydroxyl groups excluding tert-OH is 1. The number of fused-ring (bicyclic) bond motifs is 1. The summed E-state index contributed by atoms with van der Waals surface area (Å²) in [5.41, 5.74) is 2.33. The maximum Gasteiger partial charge on any atom is 0.0974 e. The highest BCUT2D eigenvalue weighted by Gasteiger charge is 2.09. The topological polar surface area (TPSA) is 63.8 Å². The van der Waals surface area contributed by atoms with Crippen molar-refractivity contribution in [2.24, 2.45) is 0 Å². The molecule has 0 amide bonds. The van der Waals surface area contributed by atoms with E-state index in [9.17, 15) is 0 Å². The molecule has 0 atom stereocenters. The molecule has 3 rings (SSSR count). The number of halogens is 1. The third kappa shape index (κ3) is 2.18. The maximum absolute atomic E-state index is 8.90. The number of rotatable bonds is 3. The van der Waals surface area contributed by atoms with Crippen molar-refractivity contribution in [2.45, 2.75) is 6.42 Å². The summed E-state index contributed by atoms with van der Waals surface area (Å²) < 4.78 is 1.65. The average Bonchev–Trinajstić information content (AvgIpc) is 2.88. The van der Waals surface area contributed by atoms with Gasteiger partial charge in [0.05, 0.1) is 28.1 Å². The Hall–Kier alpha value is -1.98. The van der Waals surface area contributed by atoms with Crippen molar-refractivity contribution in [3.63, 3.8) is 0 Å². The van der Waals surface area contributed by atoms with E-state index in [1.54, 1.807) is 17.1 Å². The largest absolute Gasteiger partial charge is 0.396 e. The molecule has 6 heteroatoms. The molecule has 0 saturated heterocycles. The Morgan fingerprint density at radius 1 is 1.26 bits per heavy atom. The van der Waals surface area contributed by atoms with Crippen LogP contribution in [0, 0.1) is 0 Å². The predicted octanol–water partition coefficient (Wildman–Crippen LogP) is 2.00. The molecular weight excluding hydrogens is 264 g/mol. The summed E-state index contributed by atoms with van der Waals surface area (Å²) in [6, 6.07) is 7.43. The van der Waals surface area contributed by atoms with E-state index in [4.69, 9.17) is 16.7 Å². The molecule has 0 aliphatic rings. The SMILES string of the molecule is OCCc1cn(-c2ccc(Cl)c3cccnc23)nn1. The fourth-order valence-electron chi connectivity index (χ4n) is 1.95. The quantitative estimate of drug-likeness (QED) is 0.793. The fourth-order valence-corrected chi connectivity index (χ4v) is 2.17. The van der Waals surface area contributed by atoms with E-state index in [1.165, 1.54) is 0 Å². The van der Waals surface area contributed by atoms with Crippen molar-refractivity contribution in [1.29, 1.82) is 0 Å². The molecular formula is C13H11ClN4O. The number of pyridine rings is 1. The second-order valence-electron chi connectivity index (χ2n) is 4.09. The van der Waals surface area contributed by atoms with Crippen LogP contribution in [-0.4, -0.2) is 31.7 Å². The van der Waals surface area contributed by atoms with Crippen LogP contribution in [0.3, 0.4) is 0 Å². The molecule has 96 valence electrons. The van der Waals surface area contributed by atoms with Gasteiger partial charge in [0.2, 0.25) is 0 Å². The number of aliphatic hydroxyl groups is 1. The summed E-state index contributed by atoms with van der Waals surface area (Å²) in [5.74, 6) is 0. The summed E-state index contributed by atoms with van der Waals surface area (Å²) >= 11 is 6.15. The minimum absolute atomic E-state index is 0.0539. The Morgan fingerprint density at radius 3 is 3.00 bits per heavy atom. The predicted molar refractivity (Wildman–Crippen MR) is 72.5 cm³/mol. The zero-order chi connectivity index (χ0) is 13.2. The molecule has 19 heavy (non-hydrogen) atoms. The van der Waals surface area contributed by atoms with Gasteiger partial charge in [0, 0.05) is 24.6 Å². The molecule has 1 aromatic carbocycles. The minimum Gasteiger partial charge on any atom is -0.396 e. The molecule has 0 saturated carbocycles. The summed E-state index contributed by atoms with van der Waals surface area (Å²) in [6.07, 6.45) is 3.99. The van der Waals surface area contributed by atoms with E-state index in [2.05, 4.69) is 15.3 Å². The number of nitrogens with zero attached hydrogens (tertiary/aromatic N) is 4. The highest BCUT2D eigenvalue weighted by atomic mass is 35.5. The number of aromatic nitrogens is 4. The third-order valence-corrected chi connectivity index (χ3v) is 3.18. The fraction of sp³-hybridized carbons (Fsp3) is 0.154. The first-order chi connectivity index (χ1) is 9.29. The van der Waals surface area contributed by atoms with Crippen molar-refractivity contribution in [3.05, 3.63) is 47.4 Å². The minimum atomic E-state index is 0.0539. The molecule has 0 unspecified atom stereocenters. The van der Waals surface area contributed by atoms with Gasteiger partial charge in [-0.3, -0.25) is 4.98 Å². The van der Waals surface area contributed by atoms with Crippen molar-refractivity contribution < 1.29 is 5.11 Å². The van der Waals surface area contributed by atoms with Crippen LogP contribution in [0.15, 0.2) is 36.7 Å². The van der Waals surface area contributed by atoms with E-state index >= 15 is 0 Å². The lowest BCUT2D eigenvalue weighted by Gasteiger charge is -2.05. The monoisotopic (exact) mass is 274 g/mol. The van der Waals surface area contributed by atoms with E-state index in [-0.39, 0.29) is 6.61 Å². The van der Waals surface area contributed by atoms with Crippen LogP contribution in [0.1, 0.15) is 5.69 Å². The third-order valence-electron chi connectivity index (χ3n) is 2.85. The molecule has 0 bridgehead atoms. The molecule has 1 N–H and O–H groups in total. The Labute approximate surface area is 114 Å². The number of hydrogen-bond donors (Lipinski definition) is 1. The molecule has 0 radical (unpaired) electrons. The summed E-state index contributed by atoms with van der Waals surface area (Å²) in [7, 11) is 0. The van der Waals surface area contributed by atoms with E-state index in [0.29, 0.717) is 11.4 Å². The van der Waals surface area contributed by atoms with Crippen LogP contribution in [-0.2, 0) is 6.42 Å². The van der Waals surface area contributed by atoms with Crippen LogP contribution >= 0.6 is 11.6 Å². The Kier molecular flexibility index (Phi) is 3.15. The molecule has 0 spiro atoms. The zero-order valence-electron chi connectivity index (χ0n) is 9.99. The van der Waals surface area contributed by atoms with E-state index in [1.807, 2.05) is 24.3 Å². The first kappa shape index (κ1) is 12.1. The first-order valence-corrected chi connectivity index (χ1v) is 6.23. The molecule has 0 aliphatic heterocycles. The lowest BCUT2D eigenvalue weighted by atomic mass is 10.2. The van der Waals surface area contributed by atoms with Gasteiger partial charge in [-0.15, -0.1) is 5.10 Å². The summed E-state index contributed by atoms with van der Waals surface area (Å²) in [6.45, 7) is 0.0539. The summed E-state index contributed by atoms with van der Waals surface area (Å²) in [5, 5.41) is 18.5. The van der Waals surface area contributed by atoms with Crippen LogP contribution in [0.2, 0.25) is 5.02 Å². The van der Waals surface area contributed by atoms with Gasteiger partial charge in [-0.25, -0.2) is 4.68 Å². The van der Waals surface area contributed by atoms with Crippen LogP contribution in [0.4, 0.5) is 0 Å². The van der Waals surface area contributed by atoms with E-state index in [0.717, 1.165) is 22.3 Å². The first-order valence-electron chi connectivity index (χ1n) is 5.85. The van der Waals surface area contributed by atoms with Crippen molar-refractivity contribution in [2.75, 3.05) is 6.61 Å². The van der Waals surface area contributed by atoms with Gasteiger partial charge in [0.15, 0.2) is 0 Å². The van der Waals surface area contributed by atoms with Gasteiger partial charge < -0.3 is 5.11 Å². The average molecular weight is 275 g/mol. The highest BCUT2D eigenvalue weighted by Crippen LogP contribution is 2.26. The Balaban J connectivity index is 2.16. The molecule has 2 heterocycles. The Bertz CT molecular complexity index is 725.